The summed E-state index contributed by atoms with van der Waals surface area (Å²) in [6.07, 6.45) is 0.655. The Morgan fingerprint density at radius 2 is 1.81 bits per heavy atom. The minimum absolute atomic E-state index is 0.273. The Morgan fingerprint density at radius 3 is 2.53 bits per heavy atom. The predicted molar refractivity (Wildman–Crippen MR) is 123 cm³/mol. The van der Waals surface area contributed by atoms with Crippen molar-refractivity contribution in [3.63, 3.8) is 0 Å². The molecule has 3 aromatic rings. The maximum Gasteiger partial charge on any atom is 0.322 e. The van der Waals surface area contributed by atoms with Crippen LogP contribution in [0.15, 0.2) is 60.7 Å². The number of ether oxygens (including phenoxy) is 2. The summed E-state index contributed by atoms with van der Waals surface area (Å²) in [5, 5.41) is 12.7. The fraction of sp³-hybridized carbons (Fsp3) is 0.200. The van der Waals surface area contributed by atoms with E-state index in [9.17, 15) is 4.79 Å². The van der Waals surface area contributed by atoms with Crippen molar-refractivity contribution in [2.24, 2.45) is 0 Å². The van der Waals surface area contributed by atoms with Crippen molar-refractivity contribution < 1.29 is 14.3 Å². The van der Waals surface area contributed by atoms with Gasteiger partial charge in [0.1, 0.15) is 0 Å². The molecule has 1 N–H and O–H groups in total. The molecule has 3 aromatic carbocycles. The molecule has 0 aliphatic carbocycles. The van der Waals surface area contributed by atoms with Gasteiger partial charge in [0.15, 0.2) is 11.5 Å². The lowest BCUT2D eigenvalue weighted by atomic mass is 9.87. The van der Waals surface area contributed by atoms with Crippen LogP contribution in [0.25, 0.3) is 0 Å². The molecule has 0 bridgehead atoms. The highest BCUT2D eigenvalue weighted by atomic mass is 35.5. The highest BCUT2D eigenvalue weighted by molar-refractivity contribution is 6.31. The Morgan fingerprint density at radius 1 is 1.06 bits per heavy atom. The van der Waals surface area contributed by atoms with Gasteiger partial charge < -0.3 is 19.7 Å². The van der Waals surface area contributed by atoms with E-state index in [-0.39, 0.29) is 6.03 Å². The van der Waals surface area contributed by atoms with Crippen LogP contribution in [0.5, 0.6) is 11.5 Å². The molecule has 0 aromatic heterocycles. The second-order valence-electron chi connectivity index (χ2n) is 7.40. The van der Waals surface area contributed by atoms with E-state index in [0.717, 1.165) is 16.7 Å². The van der Waals surface area contributed by atoms with Crippen molar-refractivity contribution in [1.29, 1.82) is 5.26 Å². The molecule has 6 nitrogen and oxygen atoms in total. The molecular weight excluding hydrogens is 426 g/mol. The molecule has 1 aliphatic rings. The van der Waals surface area contributed by atoms with Crippen LogP contribution < -0.4 is 14.8 Å². The molecular formula is C25H22ClN3O3. The highest BCUT2D eigenvalue weighted by Crippen LogP contribution is 2.42. The maximum absolute atomic E-state index is 13.4. The number of halogens is 1. The maximum atomic E-state index is 13.4. The summed E-state index contributed by atoms with van der Waals surface area (Å²) in [5.41, 5.74) is 3.87. The number of carbonyl (C=O) groups excluding carboxylic acids is 1. The van der Waals surface area contributed by atoms with Gasteiger partial charge in [0, 0.05) is 17.3 Å². The van der Waals surface area contributed by atoms with Crippen LogP contribution in [0.3, 0.4) is 0 Å². The van der Waals surface area contributed by atoms with Crippen LogP contribution in [-0.2, 0) is 6.42 Å². The molecule has 32 heavy (non-hydrogen) atoms. The minimum Gasteiger partial charge on any atom is -0.493 e. The number of nitrogens with zero attached hydrogens (tertiary/aromatic N) is 2. The SMILES string of the molecule is COc1cc2c(cc1OC)C(c1ccccc1Cl)N(C(=O)Nc1cccc(C#N)c1)CC2. The lowest BCUT2D eigenvalue weighted by molar-refractivity contribution is 0.193. The first-order valence-corrected chi connectivity index (χ1v) is 10.5. The lowest BCUT2D eigenvalue weighted by Crippen LogP contribution is -2.43. The van der Waals surface area contributed by atoms with E-state index in [0.29, 0.717) is 40.7 Å². The third-order valence-corrected chi connectivity index (χ3v) is 5.92. The summed E-state index contributed by atoms with van der Waals surface area (Å²) in [6.45, 7) is 0.488. The number of nitrogens with one attached hydrogen (secondary N) is 1. The zero-order valence-electron chi connectivity index (χ0n) is 17.8. The third kappa shape index (κ3) is 4.08. The van der Waals surface area contributed by atoms with Crippen molar-refractivity contribution in [3.8, 4) is 17.6 Å². The Hall–Kier alpha value is -3.69. The Bertz CT molecular complexity index is 1210. The number of fused-ring (bicyclic) bond motifs is 1. The van der Waals surface area contributed by atoms with Crippen LogP contribution in [0.2, 0.25) is 5.02 Å². The standard InChI is InChI=1S/C25H22ClN3O3/c1-31-22-13-17-10-11-29(25(30)28-18-7-5-6-16(12-18)15-27)24(20(17)14-23(22)32-2)19-8-3-4-9-21(19)26/h3-9,12-14,24H,10-11H2,1-2H3,(H,28,30). The number of hydrogen-bond donors (Lipinski definition) is 1. The minimum atomic E-state index is -0.411. The molecule has 0 saturated carbocycles. The average molecular weight is 448 g/mol. The number of methoxy groups -OCH3 is 2. The van der Waals surface area contributed by atoms with E-state index in [1.54, 1.807) is 43.4 Å². The average Bonchev–Trinajstić information content (AvgIpc) is 2.82. The van der Waals surface area contributed by atoms with E-state index < -0.39 is 6.04 Å². The van der Waals surface area contributed by atoms with Crippen molar-refractivity contribution >= 4 is 23.3 Å². The number of rotatable bonds is 4. The van der Waals surface area contributed by atoms with E-state index in [1.807, 2.05) is 36.4 Å². The zero-order chi connectivity index (χ0) is 22.7. The van der Waals surface area contributed by atoms with E-state index in [1.165, 1.54) is 0 Å². The predicted octanol–water partition coefficient (Wildman–Crippen LogP) is 5.41. The van der Waals surface area contributed by atoms with Crippen molar-refractivity contribution in [2.45, 2.75) is 12.5 Å². The van der Waals surface area contributed by atoms with E-state index in [2.05, 4.69) is 11.4 Å². The molecule has 7 heteroatoms. The molecule has 162 valence electrons. The van der Waals surface area contributed by atoms with Gasteiger partial charge in [-0.05, 0) is 59.5 Å². The van der Waals surface area contributed by atoms with Gasteiger partial charge in [0.2, 0.25) is 0 Å². The summed E-state index contributed by atoms with van der Waals surface area (Å²) in [6, 6.07) is 19.6. The van der Waals surface area contributed by atoms with Gasteiger partial charge >= 0.3 is 6.03 Å². The lowest BCUT2D eigenvalue weighted by Gasteiger charge is -2.38. The van der Waals surface area contributed by atoms with E-state index in [4.69, 9.17) is 26.3 Å². The third-order valence-electron chi connectivity index (χ3n) is 5.58. The molecule has 1 atom stereocenters. The van der Waals surface area contributed by atoms with Crippen LogP contribution >= 0.6 is 11.6 Å². The number of amides is 2. The molecule has 1 aliphatic heterocycles. The smallest absolute Gasteiger partial charge is 0.322 e. The molecule has 2 amide bonds. The van der Waals surface area contributed by atoms with Gasteiger partial charge in [-0.1, -0.05) is 35.9 Å². The van der Waals surface area contributed by atoms with Gasteiger partial charge in [-0.15, -0.1) is 0 Å². The van der Waals surface area contributed by atoms with Crippen LogP contribution in [0, 0.1) is 11.3 Å². The molecule has 0 radical (unpaired) electrons. The van der Waals surface area contributed by atoms with Crippen LogP contribution in [0.4, 0.5) is 10.5 Å². The first kappa shape index (κ1) is 21.5. The molecule has 4 rings (SSSR count). The second-order valence-corrected chi connectivity index (χ2v) is 7.80. The number of nitriles is 1. The number of anilines is 1. The summed E-state index contributed by atoms with van der Waals surface area (Å²) < 4.78 is 11.0. The van der Waals surface area contributed by atoms with Gasteiger partial charge in [-0.2, -0.15) is 5.26 Å². The Labute approximate surface area is 191 Å². The largest absolute Gasteiger partial charge is 0.493 e. The van der Waals surface area contributed by atoms with Crippen LogP contribution in [0.1, 0.15) is 28.3 Å². The second kappa shape index (κ2) is 9.21. The highest BCUT2D eigenvalue weighted by Gasteiger charge is 2.34. The normalized spacial score (nSPS) is 14.8. The van der Waals surface area contributed by atoms with E-state index >= 15 is 0 Å². The molecule has 0 saturated heterocycles. The summed E-state index contributed by atoms with van der Waals surface area (Å²) in [5.74, 6) is 1.24. The topological polar surface area (TPSA) is 74.6 Å². The Kier molecular flexibility index (Phi) is 6.20. The number of hydrogen-bond acceptors (Lipinski definition) is 4. The Balaban J connectivity index is 1.78. The van der Waals surface area contributed by atoms with Crippen molar-refractivity contribution in [1.82, 2.24) is 4.90 Å². The van der Waals surface area contributed by atoms with Crippen molar-refractivity contribution in [2.75, 3.05) is 26.1 Å². The monoisotopic (exact) mass is 447 g/mol. The molecule has 1 unspecified atom stereocenters. The van der Waals surface area contributed by atoms with Gasteiger partial charge in [-0.25, -0.2) is 4.79 Å². The summed E-state index contributed by atoms with van der Waals surface area (Å²) in [7, 11) is 3.19. The molecule has 0 spiro atoms. The summed E-state index contributed by atoms with van der Waals surface area (Å²) in [4.78, 5) is 15.1. The first-order valence-electron chi connectivity index (χ1n) is 10.1. The first-order chi connectivity index (χ1) is 15.5. The quantitative estimate of drug-likeness (QED) is 0.580. The molecule has 0 fully saturated rings. The molecule has 1 heterocycles. The van der Waals surface area contributed by atoms with Gasteiger partial charge in [-0.3, -0.25) is 0 Å². The van der Waals surface area contributed by atoms with Gasteiger partial charge in [0.05, 0.1) is 31.9 Å². The number of benzene rings is 3. The number of carbonyl (C=O) groups is 1. The number of urea groups is 1. The summed E-state index contributed by atoms with van der Waals surface area (Å²) >= 11 is 6.58. The van der Waals surface area contributed by atoms with Gasteiger partial charge in [0.25, 0.3) is 0 Å². The van der Waals surface area contributed by atoms with Crippen molar-refractivity contribution in [3.05, 3.63) is 87.9 Å². The fourth-order valence-electron chi connectivity index (χ4n) is 4.06. The zero-order valence-corrected chi connectivity index (χ0v) is 18.5. The van der Waals surface area contributed by atoms with Crippen LogP contribution in [-0.4, -0.2) is 31.7 Å². The fourth-order valence-corrected chi connectivity index (χ4v) is 4.30.